The van der Waals surface area contributed by atoms with Gasteiger partial charge in [0, 0.05) is 34.3 Å². The molecule has 0 amide bonds. The lowest BCUT2D eigenvalue weighted by Gasteiger charge is -2.50. The smallest absolute Gasteiger partial charge is 0.336 e. The molecular weight excluding hydrogens is 708 g/mol. The predicted octanol–water partition coefficient (Wildman–Crippen LogP) is -0.731. The van der Waals surface area contributed by atoms with Crippen molar-refractivity contribution in [2.24, 2.45) is 0 Å². The van der Waals surface area contributed by atoms with Crippen LogP contribution in [-0.2, 0) is 14.2 Å². The van der Waals surface area contributed by atoms with Crippen LogP contribution >= 0.6 is 12.2 Å². The number of fused-ring (bicyclic) bond motifs is 2. The highest BCUT2D eigenvalue weighted by Crippen LogP contribution is 2.42. The molecular formula is C34H36N2O15S. The van der Waals surface area contributed by atoms with E-state index in [4.69, 9.17) is 30.8 Å². The first-order valence-corrected chi connectivity index (χ1v) is 16.3. The van der Waals surface area contributed by atoms with Crippen molar-refractivity contribution in [3.63, 3.8) is 0 Å². The number of anilines is 1. The molecule has 3 aliphatic heterocycles. The molecule has 10 atom stereocenters. The number of rotatable bonds is 8. The van der Waals surface area contributed by atoms with Gasteiger partial charge in [-0.2, -0.15) is 0 Å². The summed E-state index contributed by atoms with van der Waals surface area (Å²) < 4.78 is 23.0. The van der Waals surface area contributed by atoms with Crippen molar-refractivity contribution in [1.82, 2.24) is 5.32 Å². The standard InChI is InChI=1S/C34H36N2O15S/c1-34(30(45)29(44)27(42)23(12-38)50-34)51-32-25(28(43)26(41)22(11-37)49-32)36-33(52)35-13-2-5-16(19(8-13)31(46)47)24-17-6-3-14(39)9-20(17)48-21-10-15(40)4-7-18(21)24/h2-10,22-23,25-30,32,37-39,41-45H,11-12H2,1H3,(H,46,47)(H2,35,36,52)/t22?,23?,25?,26-,27-,28?,29?,30?,32-,34-/m1/s1. The third kappa shape index (κ3) is 6.94. The highest BCUT2D eigenvalue weighted by atomic mass is 32.1. The second-order valence-electron chi connectivity index (χ2n) is 12.6. The Morgan fingerprint density at radius 3 is 2.29 bits per heavy atom. The number of thiocarbonyl (C=S) groups is 1. The molecule has 6 unspecified atom stereocenters. The second kappa shape index (κ2) is 14.6. The molecule has 0 bridgehead atoms. The number of ether oxygens (including phenoxy) is 3. The van der Waals surface area contributed by atoms with E-state index >= 15 is 0 Å². The molecule has 0 aromatic heterocycles. The number of carboxylic acids is 1. The lowest BCUT2D eigenvalue weighted by molar-refractivity contribution is -0.407. The van der Waals surface area contributed by atoms with Crippen LogP contribution in [0.15, 0.2) is 63.8 Å². The summed E-state index contributed by atoms with van der Waals surface area (Å²) in [5, 5.41) is 98.6. The van der Waals surface area contributed by atoms with Crippen molar-refractivity contribution < 1.29 is 69.4 Å². The highest BCUT2D eigenvalue weighted by molar-refractivity contribution is 7.80. The number of carboxylic acid groups (broad SMARTS) is 1. The number of carbonyl (C=O) groups is 1. The fourth-order valence-corrected chi connectivity index (χ4v) is 6.71. The van der Waals surface area contributed by atoms with E-state index in [2.05, 4.69) is 10.6 Å². The van der Waals surface area contributed by atoms with Gasteiger partial charge in [0.15, 0.2) is 22.6 Å². The Morgan fingerprint density at radius 2 is 1.60 bits per heavy atom. The first-order valence-electron chi connectivity index (χ1n) is 15.9. The SMILES string of the molecule is C[C@]1(O[C@H]2OC(CO)[C@@H](O)C(O)C2NC(=S)Nc2ccc(-c3c4ccc(=O)cc-4oc4cc(O)ccc34)c(C(=O)O)c2)OC(CO)[C@@H](O)C(O)C1O. The first kappa shape index (κ1) is 37.4. The van der Waals surface area contributed by atoms with Gasteiger partial charge in [-0.3, -0.25) is 4.79 Å². The van der Waals surface area contributed by atoms with Crippen molar-refractivity contribution in [3.05, 3.63) is 70.4 Å². The van der Waals surface area contributed by atoms with Gasteiger partial charge >= 0.3 is 5.97 Å². The molecule has 278 valence electrons. The van der Waals surface area contributed by atoms with Crippen LogP contribution in [0.1, 0.15) is 17.3 Å². The summed E-state index contributed by atoms with van der Waals surface area (Å²) in [5.74, 6) is -3.43. The van der Waals surface area contributed by atoms with Crippen LogP contribution in [0.2, 0.25) is 0 Å². The third-order valence-corrected chi connectivity index (χ3v) is 9.36. The number of phenols is 1. The van der Waals surface area contributed by atoms with Gasteiger partial charge in [-0.15, -0.1) is 0 Å². The normalized spacial score (nSPS) is 30.7. The summed E-state index contributed by atoms with van der Waals surface area (Å²) in [4.78, 5) is 24.8. The molecule has 1 aliphatic carbocycles. The van der Waals surface area contributed by atoms with Crippen LogP contribution in [0.4, 0.5) is 5.69 Å². The van der Waals surface area contributed by atoms with Gasteiger partial charge in [0.25, 0.3) is 0 Å². The molecule has 2 aromatic carbocycles. The van der Waals surface area contributed by atoms with E-state index < -0.39 is 80.0 Å². The van der Waals surface area contributed by atoms with Crippen molar-refractivity contribution in [3.8, 4) is 28.2 Å². The van der Waals surface area contributed by atoms with E-state index in [-0.39, 0.29) is 44.4 Å². The number of hydrogen-bond donors (Lipinski definition) is 11. The molecule has 2 fully saturated rings. The Hall–Kier alpha value is -4.31. The summed E-state index contributed by atoms with van der Waals surface area (Å²) in [6.07, 6.45) is -13.3. The van der Waals surface area contributed by atoms with Crippen molar-refractivity contribution >= 4 is 40.0 Å². The number of aromatic hydroxyl groups is 1. The molecule has 3 heterocycles. The van der Waals surface area contributed by atoms with E-state index in [0.29, 0.717) is 16.5 Å². The van der Waals surface area contributed by atoms with Gasteiger partial charge in [-0.25, -0.2) is 4.79 Å². The van der Waals surface area contributed by atoms with Gasteiger partial charge in [0.1, 0.15) is 65.9 Å². The van der Waals surface area contributed by atoms with Crippen LogP contribution < -0.4 is 16.1 Å². The molecule has 2 saturated heterocycles. The largest absolute Gasteiger partial charge is 0.508 e. The van der Waals surface area contributed by atoms with Gasteiger partial charge in [-0.05, 0) is 61.1 Å². The summed E-state index contributed by atoms with van der Waals surface area (Å²) in [7, 11) is 0. The zero-order chi connectivity index (χ0) is 37.6. The van der Waals surface area contributed by atoms with Gasteiger partial charge in [0.2, 0.25) is 0 Å². The maximum atomic E-state index is 12.7. The van der Waals surface area contributed by atoms with Crippen LogP contribution in [0.25, 0.3) is 33.4 Å². The average Bonchev–Trinajstić information content (AvgIpc) is 3.11. The van der Waals surface area contributed by atoms with Gasteiger partial charge in [-0.1, -0.05) is 6.07 Å². The zero-order valence-electron chi connectivity index (χ0n) is 27.2. The molecule has 18 heteroatoms. The van der Waals surface area contributed by atoms with Crippen LogP contribution in [0, 0.1) is 0 Å². The van der Waals surface area contributed by atoms with E-state index in [9.17, 15) is 55.5 Å². The van der Waals surface area contributed by atoms with Crippen LogP contribution in [-0.4, -0.2) is 131 Å². The van der Waals surface area contributed by atoms with Gasteiger partial charge in [0.05, 0.1) is 18.8 Å². The molecule has 0 spiro atoms. The molecule has 6 rings (SSSR count). The van der Waals surface area contributed by atoms with Crippen LogP contribution in [0.3, 0.4) is 0 Å². The first-order chi connectivity index (χ1) is 24.6. The number of benzene rings is 3. The number of aliphatic hydroxyl groups is 7. The highest BCUT2D eigenvalue weighted by Gasteiger charge is 2.55. The van der Waals surface area contributed by atoms with E-state index in [1.807, 2.05) is 0 Å². The number of hydrogen-bond acceptors (Lipinski definition) is 15. The monoisotopic (exact) mass is 744 g/mol. The Labute approximate surface area is 299 Å². The third-order valence-electron chi connectivity index (χ3n) is 9.14. The fourth-order valence-electron chi connectivity index (χ4n) is 6.45. The summed E-state index contributed by atoms with van der Waals surface area (Å²) in [6, 6.07) is 11.2. The number of nitrogens with one attached hydrogen (secondary N) is 2. The van der Waals surface area contributed by atoms with E-state index in [1.54, 1.807) is 6.07 Å². The zero-order valence-corrected chi connectivity index (χ0v) is 28.0. The Kier molecular flexibility index (Phi) is 10.5. The van der Waals surface area contributed by atoms with Crippen molar-refractivity contribution in [2.75, 3.05) is 18.5 Å². The lowest BCUT2D eigenvalue weighted by Crippen LogP contribution is -2.70. The Morgan fingerprint density at radius 1 is 0.904 bits per heavy atom. The molecule has 0 saturated carbocycles. The molecule has 17 nitrogen and oxygen atoms in total. The second-order valence-corrected chi connectivity index (χ2v) is 13.0. The topological polar surface area (TPSA) is 281 Å². The number of phenolic OH excluding ortho intramolecular Hbond substituents is 1. The average molecular weight is 745 g/mol. The minimum Gasteiger partial charge on any atom is -0.508 e. The van der Waals surface area contributed by atoms with Crippen LogP contribution in [0.5, 0.6) is 5.75 Å². The lowest BCUT2D eigenvalue weighted by atomic mass is 9.90. The predicted molar refractivity (Wildman–Crippen MR) is 184 cm³/mol. The maximum absolute atomic E-state index is 12.7. The van der Waals surface area contributed by atoms with E-state index in [1.165, 1.54) is 55.5 Å². The van der Waals surface area contributed by atoms with Gasteiger partial charge < -0.3 is 75.2 Å². The molecule has 11 N–H and O–H groups in total. The minimum absolute atomic E-state index is 0.110. The quantitative estimate of drug-likeness (QED) is 0.0783. The molecule has 52 heavy (non-hydrogen) atoms. The summed E-state index contributed by atoms with van der Waals surface area (Å²) >= 11 is 5.46. The Bertz CT molecular complexity index is 2010. The minimum atomic E-state index is -2.16. The Balaban J connectivity index is 1.30. The maximum Gasteiger partial charge on any atom is 0.336 e. The molecule has 4 aliphatic rings. The summed E-state index contributed by atoms with van der Waals surface area (Å²) in [6.45, 7) is -0.347. The van der Waals surface area contributed by atoms with E-state index in [0.717, 1.165) is 0 Å². The number of aromatic carboxylic acids is 1. The molecule has 2 aromatic rings. The molecule has 0 radical (unpaired) electrons. The fraction of sp³-hybridized carbons (Fsp3) is 0.382. The number of aliphatic hydroxyl groups excluding tert-OH is 7. The van der Waals surface area contributed by atoms with Crippen molar-refractivity contribution in [1.29, 1.82) is 0 Å². The van der Waals surface area contributed by atoms with Crippen molar-refractivity contribution in [2.45, 2.75) is 67.8 Å². The summed E-state index contributed by atoms with van der Waals surface area (Å²) in [5.41, 5.74) is 0.905.